The standard InChI is InChI=1S/C19H27ClN2O2/c1-2-24-12-11-21-9-7-19(8-10-21)13-18(23)22(15-19)14-16-3-5-17(20)6-4-16/h3-6H,2,7-15H2,1H3. The molecule has 5 heteroatoms. The fraction of sp³-hybridized carbons (Fsp3) is 0.632. The van der Waals surface area contributed by atoms with Gasteiger partial charge in [-0.1, -0.05) is 23.7 Å². The Bertz CT molecular complexity index is 553. The number of rotatable bonds is 6. The molecule has 0 aromatic heterocycles. The van der Waals surface area contributed by atoms with Gasteiger partial charge in [-0.25, -0.2) is 0 Å². The lowest BCUT2D eigenvalue weighted by molar-refractivity contribution is -0.128. The normalized spacial score (nSPS) is 20.9. The molecule has 2 saturated heterocycles. The highest BCUT2D eigenvalue weighted by molar-refractivity contribution is 6.30. The molecule has 1 spiro atoms. The summed E-state index contributed by atoms with van der Waals surface area (Å²) in [6.07, 6.45) is 2.93. The summed E-state index contributed by atoms with van der Waals surface area (Å²) < 4.78 is 5.45. The van der Waals surface area contributed by atoms with Gasteiger partial charge in [0.15, 0.2) is 0 Å². The van der Waals surface area contributed by atoms with Crippen LogP contribution in [0, 0.1) is 5.41 Å². The van der Waals surface area contributed by atoms with E-state index in [-0.39, 0.29) is 5.41 Å². The molecule has 132 valence electrons. The van der Waals surface area contributed by atoms with Crippen LogP contribution in [0.25, 0.3) is 0 Å². The monoisotopic (exact) mass is 350 g/mol. The van der Waals surface area contributed by atoms with Crippen molar-refractivity contribution >= 4 is 17.5 Å². The second kappa shape index (κ2) is 7.85. The van der Waals surface area contributed by atoms with E-state index >= 15 is 0 Å². The predicted molar refractivity (Wildman–Crippen MR) is 96.1 cm³/mol. The van der Waals surface area contributed by atoms with Gasteiger partial charge in [0, 0.05) is 37.7 Å². The third-order valence-electron chi connectivity index (χ3n) is 5.36. The Kier molecular flexibility index (Phi) is 5.80. The highest BCUT2D eigenvalue weighted by Crippen LogP contribution is 2.41. The first kappa shape index (κ1) is 17.7. The van der Waals surface area contributed by atoms with E-state index in [4.69, 9.17) is 16.3 Å². The van der Waals surface area contributed by atoms with Gasteiger partial charge in [-0.3, -0.25) is 4.79 Å². The summed E-state index contributed by atoms with van der Waals surface area (Å²) in [6.45, 7) is 8.39. The number of halogens is 1. The largest absolute Gasteiger partial charge is 0.380 e. The van der Waals surface area contributed by atoms with Crippen LogP contribution >= 0.6 is 11.6 Å². The topological polar surface area (TPSA) is 32.8 Å². The molecule has 0 aliphatic carbocycles. The quantitative estimate of drug-likeness (QED) is 0.739. The van der Waals surface area contributed by atoms with Crippen LogP contribution in [0.1, 0.15) is 31.7 Å². The van der Waals surface area contributed by atoms with Crippen molar-refractivity contribution in [2.24, 2.45) is 5.41 Å². The summed E-state index contributed by atoms with van der Waals surface area (Å²) in [4.78, 5) is 17.0. The molecule has 1 aromatic carbocycles. The minimum atomic E-state index is 0.186. The van der Waals surface area contributed by atoms with Gasteiger partial charge in [0.1, 0.15) is 0 Å². The van der Waals surface area contributed by atoms with Gasteiger partial charge in [-0.05, 0) is 56.0 Å². The van der Waals surface area contributed by atoms with Crippen molar-refractivity contribution in [1.29, 1.82) is 0 Å². The zero-order chi connectivity index (χ0) is 17.0. The Balaban J connectivity index is 1.52. The lowest BCUT2D eigenvalue weighted by atomic mass is 9.77. The number of nitrogens with zero attached hydrogens (tertiary/aromatic N) is 2. The van der Waals surface area contributed by atoms with E-state index in [0.717, 1.165) is 62.8 Å². The van der Waals surface area contributed by atoms with Gasteiger partial charge >= 0.3 is 0 Å². The van der Waals surface area contributed by atoms with Crippen LogP contribution in [0.2, 0.25) is 5.02 Å². The van der Waals surface area contributed by atoms with Gasteiger partial charge in [-0.2, -0.15) is 0 Å². The Labute approximate surface area is 149 Å². The van der Waals surface area contributed by atoms with Crippen LogP contribution in [-0.2, 0) is 16.1 Å². The first-order chi connectivity index (χ1) is 11.6. The van der Waals surface area contributed by atoms with Crippen molar-refractivity contribution < 1.29 is 9.53 Å². The predicted octanol–water partition coefficient (Wildman–Crippen LogP) is 3.19. The molecule has 3 rings (SSSR count). The van der Waals surface area contributed by atoms with Crippen LogP contribution in [0.5, 0.6) is 0 Å². The Morgan fingerprint density at radius 2 is 1.92 bits per heavy atom. The van der Waals surface area contributed by atoms with Gasteiger partial charge in [0.05, 0.1) is 6.61 Å². The highest BCUT2D eigenvalue weighted by atomic mass is 35.5. The number of hydrogen-bond donors (Lipinski definition) is 0. The minimum absolute atomic E-state index is 0.186. The fourth-order valence-corrected chi connectivity index (χ4v) is 3.99. The van der Waals surface area contributed by atoms with Crippen molar-refractivity contribution in [3.05, 3.63) is 34.9 Å². The maximum absolute atomic E-state index is 12.5. The van der Waals surface area contributed by atoms with Gasteiger partial charge in [0.2, 0.25) is 5.91 Å². The summed E-state index contributed by atoms with van der Waals surface area (Å²) >= 11 is 5.94. The number of ether oxygens (including phenoxy) is 1. The lowest BCUT2D eigenvalue weighted by Crippen LogP contribution is -2.42. The van der Waals surface area contributed by atoms with E-state index in [0.29, 0.717) is 18.9 Å². The number of carbonyl (C=O) groups excluding carboxylic acids is 1. The Hall–Kier alpha value is -1.10. The molecule has 2 aliphatic rings. The smallest absolute Gasteiger partial charge is 0.223 e. The summed E-state index contributed by atoms with van der Waals surface area (Å²) in [5, 5.41) is 0.738. The molecular formula is C19H27ClN2O2. The van der Waals surface area contributed by atoms with Crippen LogP contribution < -0.4 is 0 Å². The maximum atomic E-state index is 12.5. The SMILES string of the molecule is CCOCCN1CCC2(CC1)CC(=O)N(Cc1ccc(Cl)cc1)C2. The van der Waals surface area contributed by atoms with Crippen LogP contribution in [0.3, 0.4) is 0 Å². The van der Waals surface area contributed by atoms with Gasteiger partial charge in [-0.15, -0.1) is 0 Å². The van der Waals surface area contributed by atoms with Crippen LogP contribution in [0.4, 0.5) is 0 Å². The molecule has 24 heavy (non-hydrogen) atoms. The summed E-state index contributed by atoms with van der Waals surface area (Å²) in [7, 11) is 0. The van der Waals surface area contributed by atoms with E-state index < -0.39 is 0 Å². The number of benzene rings is 1. The van der Waals surface area contributed by atoms with Gasteiger partial charge < -0.3 is 14.5 Å². The molecule has 1 aromatic rings. The molecule has 4 nitrogen and oxygen atoms in total. The number of carbonyl (C=O) groups is 1. The number of likely N-dealkylation sites (tertiary alicyclic amines) is 2. The first-order valence-corrected chi connectivity index (χ1v) is 9.30. The molecule has 0 saturated carbocycles. The molecule has 2 heterocycles. The minimum Gasteiger partial charge on any atom is -0.380 e. The highest BCUT2D eigenvalue weighted by Gasteiger charge is 2.44. The summed E-state index contributed by atoms with van der Waals surface area (Å²) in [5.41, 5.74) is 1.34. The summed E-state index contributed by atoms with van der Waals surface area (Å²) in [5.74, 6) is 0.299. The van der Waals surface area contributed by atoms with Crippen molar-refractivity contribution in [1.82, 2.24) is 9.80 Å². The summed E-state index contributed by atoms with van der Waals surface area (Å²) in [6, 6.07) is 7.81. The lowest BCUT2D eigenvalue weighted by Gasteiger charge is -2.38. The van der Waals surface area contributed by atoms with Crippen LogP contribution in [-0.4, -0.2) is 55.1 Å². The molecule has 2 fully saturated rings. The first-order valence-electron chi connectivity index (χ1n) is 8.92. The number of piperidine rings is 1. The van der Waals surface area contributed by atoms with Crippen molar-refractivity contribution in [2.45, 2.75) is 32.7 Å². The van der Waals surface area contributed by atoms with E-state index in [2.05, 4.69) is 4.90 Å². The molecule has 0 bridgehead atoms. The van der Waals surface area contributed by atoms with Gasteiger partial charge in [0.25, 0.3) is 0 Å². The molecule has 0 atom stereocenters. The number of amides is 1. The van der Waals surface area contributed by atoms with E-state index in [9.17, 15) is 4.79 Å². The fourth-order valence-electron chi connectivity index (χ4n) is 3.86. The van der Waals surface area contributed by atoms with E-state index in [1.165, 1.54) is 0 Å². The zero-order valence-corrected chi connectivity index (χ0v) is 15.2. The molecule has 0 unspecified atom stereocenters. The Morgan fingerprint density at radius 1 is 1.21 bits per heavy atom. The third-order valence-corrected chi connectivity index (χ3v) is 5.62. The van der Waals surface area contributed by atoms with Crippen molar-refractivity contribution in [3.8, 4) is 0 Å². The van der Waals surface area contributed by atoms with Crippen molar-refractivity contribution in [3.63, 3.8) is 0 Å². The van der Waals surface area contributed by atoms with Crippen LogP contribution in [0.15, 0.2) is 24.3 Å². The second-order valence-electron chi connectivity index (χ2n) is 7.09. The van der Waals surface area contributed by atoms with E-state index in [1.807, 2.05) is 36.1 Å². The zero-order valence-electron chi connectivity index (χ0n) is 14.5. The average molecular weight is 351 g/mol. The molecule has 0 radical (unpaired) electrons. The molecule has 0 N–H and O–H groups in total. The number of hydrogen-bond acceptors (Lipinski definition) is 3. The molecular weight excluding hydrogens is 324 g/mol. The Morgan fingerprint density at radius 3 is 2.58 bits per heavy atom. The third kappa shape index (κ3) is 4.29. The molecule has 1 amide bonds. The molecule has 2 aliphatic heterocycles. The van der Waals surface area contributed by atoms with E-state index in [1.54, 1.807) is 0 Å². The average Bonchev–Trinajstić information content (AvgIpc) is 2.87. The maximum Gasteiger partial charge on any atom is 0.223 e. The second-order valence-corrected chi connectivity index (χ2v) is 7.53. The van der Waals surface area contributed by atoms with Crippen molar-refractivity contribution in [2.75, 3.05) is 39.4 Å².